The van der Waals surface area contributed by atoms with E-state index in [1.807, 2.05) is 29.0 Å². The predicted octanol–water partition coefficient (Wildman–Crippen LogP) is 2.67. The van der Waals surface area contributed by atoms with Crippen molar-refractivity contribution in [2.45, 2.75) is 44.8 Å². The highest BCUT2D eigenvalue weighted by atomic mass is 35.5. The zero-order chi connectivity index (χ0) is 17.6. The lowest BCUT2D eigenvalue weighted by Crippen LogP contribution is -2.54. The maximum Gasteiger partial charge on any atom is 0.224 e. The van der Waals surface area contributed by atoms with E-state index in [1.165, 1.54) is 12.8 Å². The number of likely N-dealkylation sites (N-methyl/N-ethyl adjacent to an activating group) is 1. The van der Waals surface area contributed by atoms with Crippen LogP contribution in [0, 0.1) is 5.92 Å². The van der Waals surface area contributed by atoms with Gasteiger partial charge >= 0.3 is 0 Å². The van der Waals surface area contributed by atoms with Crippen molar-refractivity contribution in [3.8, 4) is 0 Å². The minimum Gasteiger partial charge on any atom is -0.359 e. The van der Waals surface area contributed by atoms with Gasteiger partial charge in [-0.1, -0.05) is 6.92 Å². The summed E-state index contributed by atoms with van der Waals surface area (Å²) in [6.07, 6.45) is 9.90. The van der Waals surface area contributed by atoms with Gasteiger partial charge in [0, 0.05) is 19.8 Å². The lowest BCUT2D eigenvalue weighted by molar-refractivity contribution is -0.109. The molecule has 7 nitrogen and oxygen atoms in total. The van der Waals surface area contributed by atoms with Crippen molar-refractivity contribution in [1.82, 2.24) is 19.7 Å². The number of nitrogens with zero attached hydrogens (tertiary/aromatic N) is 6. The van der Waals surface area contributed by atoms with Crippen molar-refractivity contribution in [3.63, 3.8) is 0 Å². The molecule has 2 aromatic heterocycles. The smallest absolute Gasteiger partial charge is 0.224 e. The van der Waals surface area contributed by atoms with Gasteiger partial charge in [-0.25, -0.2) is 4.98 Å². The highest BCUT2D eigenvalue weighted by Crippen LogP contribution is 2.41. The first-order chi connectivity index (χ1) is 12.1. The molecule has 1 aliphatic carbocycles. The third kappa shape index (κ3) is 2.86. The molecule has 0 bridgehead atoms. The number of hydrogen-bond donors (Lipinski definition) is 0. The number of carbonyl (C=O) groups is 1. The van der Waals surface area contributed by atoms with Crippen LogP contribution in [0.25, 0.3) is 0 Å². The Balaban J connectivity index is 1.79. The maximum atomic E-state index is 11.8. The monoisotopic (exact) mass is 360 g/mol. The molecule has 3 heterocycles. The van der Waals surface area contributed by atoms with Crippen molar-refractivity contribution >= 4 is 35.1 Å². The first-order valence-corrected chi connectivity index (χ1v) is 9.02. The van der Waals surface area contributed by atoms with Gasteiger partial charge in [-0.05, 0) is 36.8 Å². The molecule has 2 unspecified atom stereocenters. The fourth-order valence-corrected chi connectivity index (χ4v) is 3.69. The van der Waals surface area contributed by atoms with E-state index in [0.717, 1.165) is 42.4 Å². The quantitative estimate of drug-likeness (QED) is 0.603. The van der Waals surface area contributed by atoms with Gasteiger partial charge < -0.3 is 14.6 Å². The van der Waals surface area contributed by atoms with Crippen LogP contribution in [0.1, 0.15) is 26.2 Å². The Labute approximate surface area is 151 Å². The fourth-order valence-electron chi connectivity index (χ4n) is 3.56. The summed E-state index contributed by atoms with van der Waals surface area (Å²) in [4.78, 5) is 24.4. The lowest BCUT2D eigenvalue weighted by Gasteiger charge is -2.45. The van der Waals surface area contributed by atoms with Crippen LogP contribution in [0.3, 0.4) is 0 Å². The van der Waals surface area contributed by atoms with E-state index in [9.17, 15) is 4.79 Å². The summed E-state index contributed by atoms with van der Waals surface area (Å²) in [5.41, 5.74) is 1.73. The van der Waals surface area contributed by atoms with E-state index < -0.39 is 0 Å². The molecule has 0 saturated heterocycles. The van der Waals surface area contributed by atoms with Crippen LogP contribution in [0.5, 0.6) is 0 Å². The minimum absolute atomic E-state index is 0.0421. The lowest BCUT2D eigenvalue weighted by atomic mass is 9.99. The molecule has 2 aliphatic rings. The van der Waals surface area contributed by atoms with E-state index in [0.29, 0.717) is 0 Å². The first-order valence-electron chi connectivity index (χ1n) is 8.64. The zero-order valence-electron chi connectivity index (χ0n) is 14.3. The average Bonchev–Trinajstić information content (AvgIpc) is 3.30. The second kappa shape index (κ2) is 6.29. The number of carbonyl (C=O) groups excluding carboxylic acids is 1. The van der Waals surface area contributed by atoms with E-state index in [-0.39, 0.29) is 17.4 Å². The molecular weight excluding hydrogens is 340 g/mol. The first kappa shape index (κ1) is 16.3. The van der Waals surface area contributed by atoms with Gasteiger partial charge in [0.15, 0.2) is 5.82 Å². The van der Waals surface area contributed by atoms with Crippen molar-refractivity contribution in [1.29, 1.82) is 0 Å². The zero-order valence-corrected chi connectivity index (χ0v) is 15.1. The normalized spacial score (nSPS) is 22.8. The second-order valence-corrected chi connectivity index (χ2v) is 7.13. The molecule has 1 aliphatic heterocycles. The molecule has 0 aromatic carbocycles. The highest BCUT2D eigenvalue weighted by molar-refractivity contribution is 6.28. The molecule has 2 aromatic rings. The summed E-state index contributed by atoms with van der Waals surface area (Å²) >= 11 is 6.06. The van der Waals surface area contributed by atoms with Gasteiger partial charge in [0.25, 0.3) is 0 Å². The Morgan fingerprint density at radius 2 is 2.16 bits per heavy atom. The average molecular weight is 361 g/mol. The summed E-state index contributed by atoms with van der Waals surface area (Å²) in [5, 5.41) is 4.70. The summed E-state index contributed by atoms with van der Waals surface area (Å²) < 4.78 is 1.98. The van der Waals surface area contributed by atoms with Gasteiger partial charge in [-0.15, -0.1) is 0 Å². The minimum atomic E-state index is -0.283. The Kier molecular flexibility index (Phi) is 4.11. The van der Waals surface area contributed by atoms with Crippen LogP contribution >= 0.6 is 11.6 Å². The molecule has 132 valence electrons. The molecule has 0 N–H and O–H groups in total. The van der Waals surface area contributed by atoms with Crippen LogP contribution < -0.4 is 9.80 Å². The third-order valence-electron chi connectivity index (χ3n) is 5.10. The van der Waals surface area contributed by atoms with Crippen molar-refractivity contribution in [2.75, 3.05) is 16.8 Å². The Hall–Kier alpha value is -2.15. The number of rotatable bonds is 5. The molecule has 0 radical (unpaired) electrons. The predicted molar refractivity (Wildman–Crippen MR) is 96.5 cm³/mol. The molecule has 1 saturated carbocycles. The maximum absolute atomic E-state index is 11.8. The fraction of sp³-hybridized carbons (Fsp3) is 0.529. The van der Waals surface area contributed by atoms with Gasteiger partial charge in [0.05, 0.1) is 29.8 Å². The molecule has 25 heavy (non-hydrogen) atoms. The van der Waals surface area contributed by atoms with Gasteiger partial charge in [0.2, 0.25) is 5.28 Å². The Morgan fingerprint density at radius 3 is 2.84 bits per heavy atom. The molecular formula is C17H21ClN6O. The standard InChI is InChI=1S/C17H21ClN6O/c1-3-13-15(10-25)22(2)14-7-19-17(18)21-16(14)24(13)12-6-20-23(9-12)8-11-4-5-11/h6-7,9-11,13,15H,3-5,8H2,1-2H3. The van der Waals surface area contributed by atoms with Crippen molar-refractivity contribution in [3.05, 3.63) is 23.9 Å². The van der Waals surface area contributed by atoms with E-state index >= 15 is 0 Å². The van der Waals surface area contributed by atoms with Crippen LogP contribution in [0.2, 0.25) is 5.28 Å². The molecule has 8 heteroatoms. The molecule has 2 atom stereocenters. The summed E-state index contributed by atoms with van der Waals surface area (Å²) in [5.74, 6) is 1.47. The summed E-state index contributed by atoms with van der Waals surface area (Å²) in [7, 11) is 1.89. The number of hydrogen-bond acceptors (Lipinski definition) is 6. The number of aldehydes is 1. The largest absolute Gasteiger partial charge is 0.359 e. The number of halogens is 1. The second-order valence-electron chi connectivity index (χ2n) is 6.80. The molecule has 4 rings (SSSR count). The molecule has 0 spiro atoms. The molecule has 1 fully saturated rings. The van der Waals surface area contributed by atoms with Crippen LogP contribution in [0.15, 0.2) is 18.6 Å². The summed E-state index contributed by atoms with van der Waals surface area (Å²) in [6.45, 7) is 3.02. The van der Waals surface area contributed by atoms with Gasteiger partial charge in [0.1, 0.15) is 12.3 Å². The third-order valence-corrected chi connectivity index (χ3v) is 5.28. The van der Waals surface area contributed by atoms with E-state index in [4.69, 9.17) is 11.6 Å². The topological polar surface area (TPSA) is 67.2 Å². The van der Waals surface area contributed by atoms with Crippen molar-refractivity contribution in [2.24, 2.45) is 5.92 Å². The van der Waals surface area contributed by atoms with E-state index in [2.05, 4.69) is 26.9 Å². The number of aromatic nitrogens is 4. The number of anilines is 3. The number of fused-ring (bicyclic) bond motifs is 1. The Bertz CT molecular complexity index is 789. The summed E-state index contributed by atoms with van der Waals surface area (Å²) in [6, 6.07) is -0.325. The van der Waals surface area contributed by atoms with Crippen LogP contribution in [0.4, 0.5) is 17.2 Å². The highest BCUT2D eigenvalue weighted by Gasteiger charge is 2.39. The molecule has 0 amide bonds. The van der Waals surface area contributed by atoms with Gasteiger partial charge in [-0.2, -0.15) is 10.1 Å². The SMILES string of the molecule is CCC1C(C=O)N(C)c2cnc(Cl)nc2N1c1cnn(CC2CC2)c1. The van der Waals surface area contributed by atoms with E-state index in [1.54, 1.807) is 6.20 Å². The van der Waals surface area contributed by atoms with Crippen molar-refractivity contribution < 1.29 is 4.79 Å². The Morgan fingerprint density at radius 1 is 1.36 bits per heavy atom. The van der Waals surface area contributed by atoms with Crippen LogP contribution in [-0.2, 0) is 11.3 Å². The van der Waals surface area contributed by atoms with Crippen LogP contribution in [-0.4, -0.2) is 45.2 Å². The van der Waals surface area contributed by atoms with Gasteiger partial charge in [-0.3, -0.25) is 4.68 Å².